The maximum absolute atomic E-state index is 8.89. The maximum Gasteiger partial charge on any atom is 0.154 e. The minimum absolute atomic E-state index is 0.301. The van der Waals surface area contributed by atoms with E-state index in [9.17, 15) is 0 Å². The second-order valence-corrected chi connectivity index (χ2v) is 5.55. The summed E-state index contributed by atoms with van der Waals surface area (Å²) in [6.07, 6.45) is 2.26. The van der Waals surface area contributed by atoms with Gasteiger partial charge in [0.15, 0.2) is 5.76 Å². The van der Waals surface area contributed by atoms with Crippen molar-refractivity contribution in [1.29, 1.82) is 5.26 Å². The van der Waals surface area contributed by atoms with Gasteiger partial charge in [-0.3, -0.25) is 4.90 Å². The van der Waals surface area contributed by atoms with E-state index >= 15 is 0 Å². The van der Waals surface area contributed by atoms with Crippen LogP contribution in [0.1, 0.15) is 35.9 Å². The van der Waals surface area contributed by atoms with Crippen LogP contribution in [0.4, 0.5) is 0 Å². The fourth-order valence-electron chi connectivity index (χ4n) is 2.89. The second kappa shape index (κ2) is 6.63. The highest BCUT2D eigenvalue weighted by Gasteiger charge is 2.28. The molecule has 0 radical (unpaired) electrons. The van der Waals surface area contributed by atoms with Crippen LogP contribution in [0, 0.1) is 18.3 Å². The third kappa shape index (κ3) is 3.29. The lowest BCUT2D eigenvalue weighted by Gasteiger charge is -2.22. The zero-order chi connectivity index (χ0) is 15.4. The van der Waals surface area contributed by atoms with Crippen molar-refractivity contribution >= 4 is 0 Å². The Labute approximate surface area is 130 Å². The second-order valence-electron chi connectivity index (χ2n) is 5.55. The van der Waals surface area contributed by atoms with Gasteiger partial charge in [-0.2, -0.15) is 5.26 Å². The molecule has 1 aromatic carbocycles. The zero-order valence-electron chi connectivity index (χ0n) is 12.7. The molecule has 1 aliphatic rings. The summed E-state index contributed by atoms with van der Waals surface area (Å²) in [6.45, 7) is 4.42. The lowest BCUT2D eigenvalue weighted by molar-refractivity contribution is 0.175. The molecule has 22 heavy (non-hydrogen) atoms. The van der Waals surface area contributed by atoms with Gasteiger partial charge in [-0.15, -0.1) is 0 Å². The molecular weight excluding hydrogens is 278 g/mol. The molecular formula is C17H19N3O2. The van der Waals surface area contributed by atoms with Gasteiger partial charge in [-0.25, -0.2) is 0 Å². The van der Waals surface area contributed by atoms with Crippen LogP contribution in [0.5, 0.6) is 5.75 Å². The minimum atomic E-state index is 0.301. The van der Waals surface area contributed by atoms with Gasteiger partial charge in [0.25, 0.3) is 0 Å². The standard InChI is InChI=1S/C17H19N3O2/c1-13-10-17(22-19-13)16-6-3-7-20(16)8-9-21-15-5-2-4-14(11-15)12-18/h2,4-5,10-11,16H,3,6-9H2,1H3. The summed E-state index contributed by atoms with van der Waals surface area (Å²) >= 11 is 0. The van der Waals surface area contributed by atoms with Gasteiger partial charge < -0.3 is 9.26 Å². The molecule has 1 atom stereocenters. The van der Waals surface area contributed by atoms with Gasteiger partial charge in [0, 0.05) is 12.6 Å². The summed E-state index contributed by atoms with van der Waals surface area (Å²) < 4.78 is 11.2. The van der Waals surface area contributed by atoms with Gasteiger partial charge in [0.05, 0.1) is 23.4 Å². The molecule has 0 N–H and O–H groups in total. The van der Waals surface area contributed by atoms with E-state index in [0.717, 1.165) is 43.1 Å². The van der Waals surface area contributed by atoms with E-state index in [1.165, 1.54) is 0 Å². The predicted octanol–water partition coefficient (Wildman–Crippen LogP) is 3.07. The predicted molar refractivity (Wildman–Crippen MR) is 81.4 cm³/mol. The van der Waals surface area contributed by atoms with E-state index in [-0.39, 0.29) is 0 Å². The summed E-state index contributed by atoms with van der Waals surface area (Å²) in [4.78, 5) is 2.37. The Hall–Kier alpha value is -2.32. The Morgan fingerprint density at radius 3 is 3.14 bits per heavy atom. The molecule has 0 bridgehead atoms. The van der Waals surface area contributed by atoms with Crippen molar-refractivity contribution in [2.75, 3.05) is 19.7 Å². The van der Waals surface area contributed by atoms with Crippen LogP contribution in [-0.4, -0.2) is 29.8 Å². The van der Waals surface area contributed by atoms with E-state index in [1.807, 2.05) is 25.1 Å². The van der Waals surface area contributed by atoms with E-state index in [0.29, 0.717) is 18.2 Å². The number of aryl methyl sites for hydroxylation is 1. The summed E-state index contributed by atoms with van der Waals surface area (Å²) in [6, 6.07) is 11.7. The van der Waals surface area contributed by atoms with E-state index in [2.05, 4.69) is 16.1 Å². The highest BCUT2D eigenvalue weighted by atomic mass is 16.5. The Morgan fingerprint density at radius 1 is 1.45 bits per heavy atom. The topological polar surface area (TPSA) is 62.3 Å². The maximum atomic E-state index is 8.89. The normalized spacial score (nSPS) is 18.3. The van der Waals surface area contributed by atoms with E-state index in [1.54, 1.807) is 12.1 Å². The first-order valence-electron chi connectivity index (χ1n) is 7.56. The third-order valence-electron chi connectivity index (χ3n) is 3.95. The Kier molecular flexibility index (Phi) is 4.40. The molecule has 1 aromatic heterocycles. The molecule has 114 valence electrons. The first kappa shape index (κ1) is 14.6. The lowest BCUT2D eigenvalue weighted by Crippen LogP contribution is -2.28. The average molecular weight is 297 g/mol. The molecule has 0 spiro atoms. The van der Waals surface area contributed by atoms with Crippen LogP contribution in [-0.2, 0) is 0 Å². The van der Waals surface area contributed by atoms with Gasteiger partial charge in [-0.05, 0) is 44.5 Å². The van der Waals surface area contributed by atoms with Crippen LogP contribution in [0.2, 0.25) is 0 Å². The molecule has 2 aromatic rings. The molecule has 0 saturated carbocycles. The highest BCUT2D eigenvalue weighted by molar-refractivity contribution is 5.36. The summed E-state index contributed by atoms with van der Waals surface area (Å²) in [5, 5.41) is 12.9. The summed E-state index contributed by atoms with van der Waals surface area (Å²) in [7, 11) is 0. The van der Waals surface area contributed by atoms with Gasteiger partial charge in [0.1, 0.15) is 12.4 Å². The smallest absolute Gasteiger partial charge is 0.154 e. The fraction of sp³-hybridized carbons (Fsp3) is 0.412. The molecule has 0 amide bonds. The highest BCUT2D eigenvalue weighted by Crippen LogP contribution is 2.31. The number of aromatic nitrogens is 1. The minimum Gasteiger partial charge on any atom is -0.492 e. The first-order valence-corrected chi connectivity index (χ1v) is 7.56. The molecule has 1 unspecified atom stereocenters. The molecule has 0 aliphatic carbocycles. The largest absolute Gasteiger partial charge is 0.492 e. The lowest BCUT2D eigenvalue weighted by atomic mass is 10.1. The van der Waals surface area contributed by atoms with Gasteiger partial charge in [0.2, 0.25) is 0 Å². The van der Waals surface area contributed by atoms with E-state index in [4.69, 9.17) is 14.5 Å². The number of rotatable bonds is 5. The van der Waals surface area contributed by atoms with Crippen molar-refractivity contribution in [3.63, 3.8) is 0 Å². The summed E-state index contributed by atoms with van der Waals surface area (Å²) in [5.74, 6) is 1.69. The van der Waals surface area contributed by atoms with Crippen molar-refractivity contribution in [2.45, 2.75) is 25.8 Å². The van der Waals surface area contributed by atoms with Crippen molar-refractivity contribution in [2.24, 2.45) is 0 Å². The molecule has 2 heterocycles. The monoisotopic (exact) mass is 297 g/mol. The number of nitriles is 1. The van der Waals surface area contributed by atoms with E-state index < -0.39 is 0 Å². The molecule has 1 saturated heterocycles. The van der Waals surface area contributed by atoms with Crippen molar-refractivity contribution in [1.82, 2.24) is 10.1 Å². The Balaban J connectivity index is 1.55. The first-order chi connectivity index (χ1) is 10.8. The van der Waals surface area contributed by atoms with Crippen LogP contribution in [0.3, 0.4) is 0 Å². The van der Waals surface area contributed by atoms with Crippen LogP contribution in [0.25, 0.3) is 0 Å². The number of benzene rings is 1. The zero-order valence-corrected chi connectivity index (χ0v) is 12.7. The fourth-order valence-corrected chi connectivity index (χ4v) is 2.89. The molecule has 3 rings (SSSR count). The van der Waals surface area contributed by atoms with Crippen LogP contribution in [0.15, 0.2) is 34.9 Å². The van der Waals surface area contributed by atoms with Crippen molar-refractivity contribution in [3.8, 4) is 11.8 Å². The Bertz CT molecular complexity index is 675. The quantitative estimate of drug-likeness (QED) is 0.848. The third-order valence-corrected chi connectivity index (χ3v) is 3.95. The number of likely N-dealkylation sites (tertiary alicyclic amines) is 1. The van der Waals surface area contributed by atoms with Crippen LogP contribution < -0.4 is 4.74 Å². The number of ether oxygens (including phenoxy) is 1. The van der Waals surface area contributed by atoms with Crippen LogP contribution >= 0.6 is 0 Å². The van der Waals surface area contributed by atoms with Gasteiger partial charge >= 0.3 is 0 Å². The molecule has 1 fully saturated rings. The molecule has 5 heteroatoms. The molecule has 5 nitrogen and oxygen atoms in total. The summed E-state index contributed by atoms with van der Waals surface area (Å²) in [5.41, 5.74) is 1.54. The molecule has 1 aliphatic heterocycles. The number of hydrogen-bond acceptors (Lipinski definition) is 5. The SMILES string of the molecule is Cc1cc(C2CCCN2CCOc2cccc(C#N)c2)on1. The number of nitrogens with zero attached hydrogens (tertiary/aromatic N) is 3. The van der Waals surface area contributed by atoms with Gasteiger partial charge in [-0.1, -0.05) is 11.2 Å². The van der Waals surface area contributed by atoms with Crippen molar-refractivity contribution in [3.05, 3.63) is 47.3 Å². The average Bonchev–Trinajstić information content (AvgIpc) is 3.16. The van der Waals surface area contributed by atoms with Crippen molar-refractivity contribution < 1.29 is 9.26 Å². The Morgan fingerprint density at radius 2 is 2.36 bits per heavy atom. The number of hydrogen-bond donors (Lipinski definition) is 0.